The van der Waals surface area contributed by atoms with Gasteiger partial charge in [-0.25, -0.2) is 18.7 Å². The molecule has 2 aromatic rings. The SMILES string of the molecule is CN(C)CCCNC(=O)c1cnc(Nc2ccc(F)cc2F)nc1. The topological polar surface area (TPSA) is 70.2 Å². The summed E-state index contributed by atoms with van der Waals surface area (Å²) >= 11 is 0. The molecule has 0 spiro atoms. The van der Waals surface area contributed by atoms with Gasteiger partial charge in [-0.2, -0.15) is 0 Å². The van der Waals surface area contributed by atoms with Gasteiger partial charge in [0.05, 0.1) is 11.3 Å². The molecule has 6 nitrogen and oxygen atoms in total. The van der Waals surface area contributed by atoms with E-state index in [1.807, 2.05) is 19.0 Å². The Labute approximate surface area is 138 Å². The number of rotatable bonds is 7. The fraction of sp³-hybridized carbons (Fsp3) is 0.312. The Hall–Kier alpha value is -2.61. The van der Waals surface area contributed by atoms with Gasteiger partial charge in [-0.15, -0.1) is 0 Å². The second-order valence-corrected chi connectivity index (χ2v) is 5.46. The third-order valence-electron chi connectivity index (χ3n) is 3.16. The molecule has 1 heterocycles. The molecule has 1 amide bonds. The fourth-order valence-corrected chi connectivity index (χ4v) is 1.92. The molecular weight excluding hydrogens is 316 g/mol. The summed E-state index contributed by atoms with van der Waals surface area (Å²) in [7, 11) is 3.93. The summed E-state index contributed by atoms with van der Waals surface area (Å²) in [6, 6.07) is 3.14. The number of carbonyl (C=O) groups is 1. The molecule has 0 fully saturated rings. The number of aromatic nitrogens is 2. The van der Waals surface area contributed by atoms with Crippen LogP contribution in [-0.4, -0.2) is 48.0 Å². The predicted molar refractivity (Wildman–Crippen MR) is 87.2 cm³/mol. The molecule has 128 valence electrons. The number of hydrogen-bond donors (Lipinski definition) is 2. The van der Waals surface area contributed by atoms with Crippen molar-refractivity contribution in [2.24, 2.45) is 0 Å². The molecule has 0 saturated carbocycles. The molecule has 2 N–H and O–H groups in total. The van der Waals surface area contributed by atoms with Gasteiger partial charge in [-0.3, -0.25) is 4.79 Å². The number of nitrogens with zero attached hydrogens (tertiary/aromatic N) is 3. The number of halogens is 2. The van der Waals surface area contributed by atoms with Crippen molar-refractivity contribution in [3.05, 3.63) is 47.8 Å². The predicted octanol–water partition coefficient (Wildman–Crippen LogP) is 2.18. The van der Waals surface area contributed by atoms with E-state index >= 15 is 0 Å². The summed E-state index contributed by atoms with van der Waals surface area (Å²) < 4.78 is 26.4. The van der Waals surface area contributed by atoms with Crippen molar-refractivity contribution in [2.75, 3.05) is 32.5 Å². The van der Waals surface area contributed by atoms with Crippen LogP contribution in [0.25, 0.3) is 0 Å². The second kappa shape index (κ2) is 8.30. The third kappa shape index (κ3) is 5.24. The molecule has 0 bridgehead atoms. The Morgan fingerprint density at radius 1 is 1.21 bits per heavy atom. The van der Waals surface area contributed by atoms with Crippen LogP contribution in [0.4, 0.5) is 20.4 Å². The van der Waals surface area contributed by atoms with Crippen molar-refractivity contribution in [3.63, 3.8) is 0 Å². The van der Waals surface area contributed by atoms with E-state index in [4.69, 9.17) is 0 Å². The first kappa shape index (κ1) is 17.7. The average molecular weight is 335 g/mol. The van der Waals surface area contributed by atoms with Gasteiger partial charge in [0.25, 0.3) is 5.91 Å². The second-order valence-electron chi connectivity index (χ2n) is 5.46. The molecule has 0 unspecified atom stereocenters. The summed E-state index contributed by atoms with van der Waals surface area (Å²) in [4.78, 5) is 21.9. The Morgan fingerprint density at radius 2 is 1.92 bits per heavy atom. The van der Waals surface area contributed by atoms with Crippen molar-refractivity contribution in [3.8, 4) is 0 Å². The van der Waals surface area contributed by atoms with E-state index in [0.717, 1.165) is 25.1 Å². The number of amides is 1. The quantitative estimate of drug-likeness (QED) is 0.759. The molecule has 1 aromatic heterocycles. The minimum absolute atomic E-state index is 0.0530. The van der Waals surface area contributed by atoms with E-state index in [0.29, 0.717) is 12.1 Å². The third-order valence-corrected chi connectivity index (χ3v) is 3.16. The summed E-state index contributed by atoms with van der Waals surface area (Å²) in [5, 5.41) is 5.40. The minimum atomic E-state index is -0.749. The zero-order valence-electron chi connectivity index (χ0n) is 13.5. The molecule has 1 aromatic carbocycles. The van der Waals surface area contributed by atoms with Crippen LogP contribution in [0.3, 0.4) is 0 Å². The van der Waals surface area contributed by atoms with E-state index in [2.05, 4.69) is 20.6 Å². The van der Waals surface area contributed by atoms with Crippen LogP contribution in [0.1, 0.15) is 16.8 Å². The van der Waals surface area contributed by atoms with E-state index < -0.39 is 11.6 Å². The van der Waals surface area contributed by atoms with Crippen LogP contribution in [0.15, 0.2) is 30.6 Å². The maximum atomic E-state index is 13.5. The highest BCUT2D eigenvalue weighted by Crippen LogP contribution is 2.18. The van der Waals surface area contributed by atoms with Crippen LogP contribution >= 0.6 is 0 Å². The summed E-state index contributed by atoms with van der Waals surface area (Å²) in [5.41, 5.74) is 0.363. The number of benzene rings is 1. The van der Waals surface area contributed by atoms with Gasteiger partial charge in [0.2, 0.25) is 5.95 Å². The highest BCUT2D eigenvalue weighted by Gasteiger charge is 2.09. The highest BCUT2D eigenvalue weighted by molar-refractivity contribution is 5.93. The normalized spacial score (nSPS) is 10.7. The van der Waals surface area contributed by atoms with Crippen molar-refractivity contribution in [1.82, 2.24) is 20.2 Å². The van der Waals surface area contributed by atoms with Crippen molar-refractivity contribution in [1.29, 1.82) is 0 Å². The van der Waals surface area contributed by atoms with Crippen LogP contribution in [-0.2, 0) is 0 Å². The van der Waals surface area contributed by atoms with Gasteiger partial charge in [0.15, 0.2) is 0 Å². The molecule has 0 aliphatic heterocycles. The molecule has 0 aliphatic carbocycles. The van der Waals surface area contributed by atoms with Gasteiger partial charge >= 0.3 is 0 Å². The Balaban J connectivity index is 1.91. The van der Waals surface area contributed by atoms with E-state index in [1.165, 1.54) is 18.5 Å². The summed E-state index contributed by atoms with van der Waals surface area (Å²) in [6.45, 7) is 1.43. The molecule has 0 aliphatic rings. The lowest BCUT2D eigenvalue weighted by molar-refractivity contribution is 0.0951. The van der Waals surface area contributed by atoms with Gasteiger partial charge in [-0.1, -0.05) is 0 Å². The molecule has 0 atom stereocenters. The minimum Gasteiger partial charge on any atom is -0.352 e. The lowest BCUT2D eigenvalue weighted by Crippen LogP contribution is -2.27. The molecule has 2 rings (SSSR count). The number of hydrogen-bond acceptors (Lipinski definition) is 5. The Bertz CT molecular complexity index is 691. The van der Waals surface area contributed by atoms with Crippen LogP contribution in [0.2, 0.25) is 0 Å². The van der Waals surface area contributed by atoms with Gasteiger partial charge < -0.3 is 15.5 Å². The van der Waals surface area contributed by atoms with Crippen molar-refractivity contribution < 1.29 is 13.6 Å². The summed E-state index contributed by atoms with van der Waals surface area (Å²) in [6.07, 6.45) is 3.53. The maximum absolute atomic E-state index is 13.5. The molecule has 0 saturated heterocycles. The first-order valence-corrected chi connectivity index (χ1v) is 7.43. The lowest BCUT2D eigenvalue weighted by Gasteiger charge is -2.10. The summed E-state index contributed by atoms with van der Waals surface area (Å²) in [5.74, 6) is -1.57. The van der Waals surface area contributed by atoms with Crippen LogP contribution in [0, 0.1) is 11.6 Å². The highest BCUT2D eigenvalue weighted by atomic mass is 19.1. The Morgan fingerprint density at radius 3 is 2.54 bits per heavy atom. The molecule has 0 radical (unpaired) electrons. The van der Waals surface area contributed by atoms with E-state index in [-0.39, 0.29) is 17.5 Å². The molecule has 24 heavy (non-hydrogen) atoms. The van der Waals surface area contributed by atoms with E-state index in [9.17, 15) is 13.6 Å². The fourth-order valence-electron chi connectivity index (χ4n) is 1.92. The number of anilines is 2. The van der Waals surface area contributed by atoms with E-state index in [1.54, 1.807) is 0 Å². The molecular formula is C16H19F2N5O. The first-order valence-electron chi connectivity index (χ1n) is 7.43. The lowest BCUT2D eigenvalue weighted by atomic mass is 10.3. The van der Waals surface area contributed by atoms with Gasteiger partial charge in [-0.05, 0) is 39.2 Å². The van der Waals surface area contributed by atoms with Gasteiger partial charge in [0, 0.05) is 25.0 Å². The van der Waals surface area contributed by atoms with Crippen LogP contribution in [0.5, 0.6) is 0 Å². The monoisotopic (exact) mass is 335 g/mol. The smallest absolute Gasteiger partial charge is 0.254 e. The number of nitrogens with one attached hydrogen (secondary N) is 2. The van der Waals surface area contributed by atoms with Gasteiger partial charge in [0.1, 0.15) is 11.6 Å². The first-order chi connectivity index (χ1) is 11.5. The van der Waals surface area contributed by atoms with Crippen molar-refractivity contribution >= 4 is 17.5 Å². The van der Waals surface area contributed by atoms with Crippen LogP contribution < -0.4 is 10.6 Å². The zero-order chi connectivity index (χ0) is 17.5. The Kier molecular flexibility index (Phi) is 6.14. The van der Waals surface area contributed by atoms with Crippen molar-refractivity contribution in [2.45, 2.75) is 6.42 Å². The largest absolute Gasteiger partial charge is 0.352 e. The number of carbonyl (C=O) groups excluding carboxylic acids is 1. The molecule has 8 heteroatoms. The average Bonchev–Trinajstić information content (AvgIpc) is 2.54. The maximum Gasteiger partial charge on any atom is 0.254 e. The zero-order valence-corrected chi connectivity index (χ0v) is 13.5. The standard InChI is InChI=1S/C16H19F2N5O/c1-23(2)7-3-6-19-15(24)11-9-20-16(21-10-11)22-14-5-4-12(17)8-13(14)18/h4-5,8-10H,3,6-7H2,1-2H3,(H,19,24)(H,20,21,22).